The lowest BCUT2D eigenvalue weighted by Gasteiger charge is -2.26. The van der Waals surface area contributed by atoms with Gasteiger partial charge in [-0.05, 0) is 41.5 Å². The number of carboxylic acid groups (broad SMARTS) is 1. The van der Waals surface area contributed by atoms with Crippen LogP contribution in [-0.2, 0) is 14.3 Å². The minimum absolute atomic E-state index is 0.0187. The summed E-state index contributed by atoms with van der Waals surface area (Å²) in [5.74, 6) is -2.79. The van der Waals surface area contributed by atoms with Gasteiger partial charge in [0, 0.05) is 31.7 Å². The third kappa shape index (κ3) is 6.47. The lowest BCUT2D eigenvalue weighted by molar-refractivity contribution is -0.137. The zero-order valence-electron chi connectivity index (χ0n) is 19.2. The Morgan fingerprint density at radius 3 is 2.56 bits per heavy atom. The van der Waals surface area contributed by atoms with E-state index >= 15 is 0 Å². The van der Waals surface area contributed by atoms with E-state index in [4.69, 9.17) is 26.8 Å². The summed E-state index contributed by atoms with van der Waals surface area (Å²) in [5, 5.41) is 8.96. The highest BCUT2D eigenvalue weighted by atomic mass is 32.2. The van der Waals surface area contributed by atoms with E-state index in [1.54, 1.807) is 24.3 Å². The molecular weight excluding hydrogens is 510 g/mol. The average Bonchev–Trinajstić information content (AvgIpc) is 3.12. The molecule has 7 nitrogen and oxygen atoms in total. The van der Waals surface area contributed by atoms with Crippen LogP contribution in [0.15, 0.2) is 41.3 Å². The third-order valence-electron chi connectivity index (χ3n) is 5.74. The standard InChI is InChI=1S/C25H24F2N2O5S2/c26-19-3-1-17(14-20(19)27)16-2-4-21(34-12-9-28-7-10-33-11-8-28)18(13-16)15-22-24(32)29(25(35)36-22)6-5-23(30)31/h1-4,13-15H,5-12H2,(H,30,31)/b22-15-. The van der Waals surface area contributed by atoms with Crippen molar-refractivity contribution in [2.45, 2.75) is 6.42 Å². The van der Waals surface area contributed by atoms with Gasteiger partial charge in [-0.25, -0.2) is 8.78 Å². The number of hydrogen-bond donors (Lipinski definition) is 1. The summed E-state index contributed by atoms with van der Waals surface area (Å²) in [5.41, 5.74) is 1.65. The van der Waals surface area contributed by atoms with E-state index in [1.165, 1.54) is 11.0 Å². The third-order valence-corrected chi connectivity index (χ3v) is 7.12. The summed E-state index contributed by atoms with van der Waals surface area (Å²) >= 11 is 6.36. The lowest BCUT2D eigenvalue weighted by Crippen LogP contribution is -2.38. The van der Waals surface area contributed by atoms with Gasteiger partial charge in [0.2, 0.25) is 0 Å². The van der Waals surface area contributed by atoms with Gasteiger partial charge < -0.3 is 14.6 Å². The number of benzene rings is 2. The molecule has 190 valence electrons. The maximum absolute atomic E-state index is 13.8. The number of morpholine rings is 1. The van der Waals surface area contributed by atoms with Crippen LogP contribution in [0.1, 0.15) is 12.0 Å². The first-order valence-electron chi connectivity index (χ1n) is 11.3. The van der Waals surface area contributed by atoms with Crippen molar-refractivity contribution in [1.82, 2.24) is 9.80 Å². The quantitative estimate of drug-likeness (QED) is 0.382. The van der Waals surface area contributed by atoms with Gasteiger partial charge in [-0.3, -0.25) is 19.4 Å². The molecule has 0 spiro atoms. The topological polar surface area (TPSA) is 79.3 Å². The molecule has 0 bridgehead atoms. The molecule has 0 unspecified atom stereocenters. The van der Waals surface area contributed by atoms with Crippen LogP contribution in [0.4, 0.5) is 8.78 Å². The molecule has 2 aliphatic rings. The number of halogens is 2. The van der Waals surface area contributed by atoms with E-state index in [-0.39, 0.29) is 23.2 Å². The van der Waals surface area contributed by atoms with Crippen LogP contribution in [0.5, 0.6) is 5.75 Å². The van der Waals surface area contributed by atoms with E-state index in [0.717, 1.165) is 37.0 Å². The molecule has 2 saturated heterocycles. The summed E-state index contributed by atoms with van der Waals surface area (Å²) < 4.78 is 39.0. The van der Waals surface area contributed by atoms with Crippen LogP contribution >= 0.6 is 24.0 Å². The highest BCUT2D eigenvalue weighted by molar-refractivity contribution is 8.26. The molecule has 2 fully saturated rings. The maximum Gasteiger partial charge on any atom is 0.305 e. The summed E-state index contributed by atoms with van der Waals surface area (Å²) in [6, 6.07) is 8.85. The fourth-order valence-corrected chi connectivity index (χ4v) is 5.10. The Bertz CT molecular complexity index is 1200. The Labute approximate surface area is 216 Å². The highest BCUT2D eigenvalue weighted by Gasteiger charge is 2.32. The van der Waals surface area contributed by atoms with Crippen LogP contribution in [-0.4, -0.2) is 77.1 Å². The molecule has 2 aliphatic heterocycles. The molecule has 1 amide bonds. The Morgan fingerprint density at radius 1 is 1.11 bits per heavy atom. The smallest absolute Gasteiger partial charge is 0.305 e. The SMILES string of the molecule is O=C(O)CCN1C(=O)/C(=C/c2cc(-c3ccc(F)c(F)c3)ccc2OCCN2CCOCC2)SC1=S. The zero-order chi connectivity index (χ0) is 25.7. The van der Waals surface area contributed by atoms with E-state index in [1.807, 2.05) is 0 Å². The van der Waals surface area contributed by atoms with Gasteiger partial charge >= 0.3 is 5.97 Å². The van der Waals surface area contributed by atoms with Gasteiger partial charge in [-0.15, -0.1) is 0 Å². The van der Waals surface area contributed by atoms with Crippen LogP contribution < -0.4 is 4.74 Å². The Hall–Kier alpha value is -2.86. The maximum atomic E-state index is 13.8. The number of nitrogens with zero attached hydrogens (tertiary/aromatic N) is 2. The molecular formula is C25H24F2N2O5S2. The second-order valence-electron chi connectivity index (χ2n) is 8.16. The molecule has 2 aromatic carbocycles. The van der Waals surface area contributed by atoms with E-state index < -0.39 is 17.6 Å². The largest absolute Gasteiger partial charge is 0.492 e. The first kappa shape index (κ1) is 26.2. The van der Waals surface area contributed by atoms with Crippen molar-refractivity contribution >= 4 is 46.3 Å². The van der Waals surface area contributed by atoms with Crippen molar-refractivity contribution < 1.29 is 33.0 Å². The van der Waals surface area contributed by atoms with E-state index in [0.29, 0.717) is 53.7 Å². The molecule has 0 aliphatic carbocycles. The molecule has 0 saturated carbocycles. The van der Waals surface area contributed by atoms with Crippen LogP contribution in [0.2, 0.25) is 0 Å². The molecule has 4 rings (SSSR count). The van der Waals surface area contributed by atoms with Gasteiger partial charge in [0.15, 0.2) is 11.6 Å². The number of carbonyl (C=O) groups is 2. The van der Waals surface area contributed by atoms with E-state index in [2.05, 4.69) is 4.90 Å². The first-order valence-corrected chi connectivity index (χ1v) is 12.5. The van der Waals surface area contributed by atoms with Gasteiger partial charge in [-0.2, -0.15) is 0 Å². The Morgan fingerprint density at radius 2 is 1.83 bits per heavy atom. The number of carbonyl (C=O) groups excluding carboxylic acids is 1. The van der Waals surface area contributed by atoms with Gasteiger partial charge in [-0.1, -0.05) is 36.1 Å². The van der Waals surface area contributed by atoms with Gasteiger partial charge in [0.05, 0.1) is 24.5 Å². The van der Waals surface area contributed by atoms with Crippen molar-refractivity contribution in [2.75, 3.05) is 46.0 Å². The number of amides is 1. The minimum Gasteiger partial charge on any atom is -0.492 e. The Kier molecular flexibility index (Phi) is 8.68. The normalized spacial score (nSPS) is 17.7. The zero-order valence-corrected chi connectivity index (χ0v) is 20.9. The lowest BCUT2D eigenvalue weighted by atomic mass is 10.0. The molecule has 2 aromatic rings. The average molecular weight is 535 g/mol. The van der Waals surface area contributed by atoms with Crippen molar-refractivity contribution in [3.8, 4) is 16.9 Å². The van der Waals surface area contributed by atoms with Crippen molar-refractivity contribution in [3.05, 3.63) is 58.5 Å². The first-order chi connectivity index (χ1) is 17.3. The van der Waals surface area contributed by atoms with Gasteiger partial charge in [0.25, 0.3) is 5.91 Å². The minimum atomic E-state index is -1.02. The molecule has 1 N–H and O–H groups in total. The number of rotatable bonds is 9. The number of aliphatic carboxylic acids is 1. The Balaban J connectivity index is 1.60. The van der Waals surface area contributed by atoms with Crippen LogP contribution in [0.3, 0.4) is 0 Å². The van der Waals surface area contributed by atoms with Crippen molar-refractivity contribution in [1.29, 1.82) is 0 Å². The van der Waals surface area contributed by atoms with E-state index in [9.17, 15) is 18.4 Å². The summed E-state index contributed by atoms with van der Waals surface area (Å²) in [7, 11) is 0. The number of carboxylic acids is 1. The molecule has 11 heteroatoms. The number of ether oxygens (including phenoxy) is 2. The fourth-order valence-electron chi connectivity index (χ4n) is 3.80. The summed E-state index contributed by atoms with van der Waals surface area (Å²) in [6.45, 7) is 4.09. The second-order valence-corrected chi connectivity index (χ2v) is 9.84. The molecule has 2 heterocycles. The number of thiocarbonyl (C=S) groups is 1. The predicted molar refractivity (Wildman–Crippen MR) is 137 cm³/mol. The molecule has 0 radical (unpaired) electrons. The second kappa shape index (κ2) is 11.9. The molecule has 36 heavy (non-hydrogen) atoms. The highest BCUT2D eigenvalue weighted by Crippen LogP contribution is 2.36. The van der Waals surface area contributed by atoms with Crippen molar-refractivity contribution in [3.63, 3.8) is 0 Å². The molecule has 0 atom stereocenters. The molecule has 0 aromatic heterocycles. The number of thioether (sulfide) groups is 1. The number of hydrogen-bond acceptors (Lipinski definition) is 7. The summed E-state index contributed by atoms with van der Waals surface area (Å²) in [4.78, 5) is 27.7. The monoisotopic (exact) mass is 534 g/mol. The van der Waals surface area contributed by atoms with Crippen molar-refractivity contribution in [2.24, 2.45) is 0 Å². The van der Waals surface area contributed by atoms with Crippen LogP contribution in [0, 0.1) is 11.6 Å². The summed E-state index contributed by atoms with van der Waals surface area (Å²) in [6.07, 6.45) is 1.41. The fraction of sp³-hybridized carbons (Fsp3) is 0.320. The van der Waals surface area contributed by atoms with Crippen LogP contribution in [0.25, 0.3) is 17.2 Å². The van der Waals surface area contributed by atoms with Gasteiger partial charge in [0.1, 0.15) is 16.7 Å². The predicted octanol–water partition coefficient (Wildman–Crippen LogP) is 4.02.